The van der Waals surface area contributed by atoms with Crippen LogP contribution in [0.15, 0.2) is 24.3 Å². The summed E-state index contributed by atoms with van der Waals surface area (Å²) in [4.78, 5) is 2.39. The number of hydrogen-bond donors (Lipinski definition) is 2. The maximum atomic E-state index is 3.62. The van der Waals surface area contributed by atoms with Gasteiger partial charge in [-0.1, -0.05) is 39.0 Å². The monoisotopic (exact) mass is 261 g/mol. The standard InChI is InChI=1S/C16H27N3/c1-16(2,3)14-7-5-6-8-15(14)18-11-13-12-19(4)10-9-17-13/h5-8,13,17-18H,9-12H2,1-4H3. The van der Waals surface area contributed by atoms with Gasteiger partial charge in [-0.2, -0.15) is 0 Å². The quantitative estimate of drug-likeness (QED) is 0.874. The first kappa shape index (κ1) is 14.4. The molecule has 106 valence electrons. The van der Waals surface area contributed by atoms with E-state index >= 15 is 0 Å². The van der Waals surface area contributed by atoms with Crippen molar-refractivity contribution >= 4 is 5.69 Å². The molecule has 1 aliphatic heterocycles. The summed E-state index contributed by atoms with van der Waals surface area (Å²) in [6.07, 6.45) is 0. The number of piperazine rings is 1. The molecule has 2 N–H and O–H groups in total. The van der Waals surface area contributed by atoms with E-state index in [4.69, 9.17) is 0 Å². The summed E-state index contributed by atoms with van der Waals surface area (Å²) in [7, 11) is 2.19. The van der Waals surface area contributed by atoms with E-state index in [9.17, 15) is 0 Å². The fraction of sp³-hybridized carbons (Fsp3) is 0.625. The topological polar surface area (TPSA) is 27.3 Å². The maximum absolute atomic E-state index is 3.62. The molecule has 1 aliphatic rings. The van der Waals surface area contributed by atoms with E-state index in [1.807, 2.05) is 0 Å². The van der Waals surface area contributed by atoms with Crippen LogP contribution in [0.1, 0.15) is 26.3 Å². The summed E-state index contributed by atoms with van der Waals surface area (Å²) in [5.74, 6) is 0. The lowest BCUT2D eigenvalue weighted by Gasteiger charge is -2.32. The van der Waals surface area contributed by atoms with Crippen molar-refractivity contribution in [2.24, 2.45) is 0 Å². The van der Waals surface area contributed by atoms with Crippen LogP contribution >= 0.6 is 0 Å². The van der Waals surface area contributed by atoms with Crippen LogP contribution in [-0.4, -0.2) is 44.2 Å². The van der Waals surface area contributed by atoms with E-state index < -0.39 is 0 Å². The highest BCUT2D eigenvalue weighted by Gasteiger charge is 2.19. The van der Waals surface area contributed by atoms with Gasteiger partial charge in [0, 0.05) is 37.9 Å². The number of hydrogen-bond acceptors (Lipinski definition) is 3. The Bertz CT molecular complexity index is 409. The van der Waals surface area contributed by atoms with Crippen LogP contribution in [-0.2, 0) is 5.41 Å². The number of benzene rings is 1. The molecule has 0 radical (unpaired) electrons. The zero-order valence-electron chi connectivity index (χ0n) is 12.7. The molecule has 0 spiro atoms. The second kappa shape index (κ2) is 5.93. The van der Waals surface area contributed by atoms with Crippen molar-refractivity contribution in [1.29, 1.82) is 0 Å². The fourth-order valence-corrected chi connectivity index (χ4v) is 2.65. The number of likely N-dealkylation sites (N-methyl/N-ethyl adjacent to an activating group) is 1. The second-order valence-electron chi connectivity index (χ2n) is 6.59. The van der Waals surface area contributed by atoms with Crippen LogP contribution in [0.2, 0.25) is 0 Å². The molecule has 0 saturated carbocycles. The first-order valence-corrected chi connectivity index (χ1v) is 7.22. The Morgan fingerprint density at radius 3 is 2.74 bits per heavy atom. The van der Waals surface area contributed by atoms with Gasteiger partial charge in [-0.15, -0.1) is 0 Å². The van der Waals surface area contributed by atoms with Gasteiger partial charge in [-0.05, 0) is 24.1 Å². The zero-order chi connectivity index (χ0) is 13.9. The molecule has 1 unspecified atom stereocenters. The lowest BCUT2D eigenvalue weighted by molar-refractivity contribution is 0.244. The summed E-state index contributed by atoms with van der Waals surface area (Å²) >= 11 is 0. The van der Waals surface area contributed by atoms with Gasteiger partial charge in [0.2, 0.25) is 0 Å². The Labute approximate surface area is 117 Å². The van der Waals surface area contributed by atoms with E-state index in [-0.39, 0.29) is 5.41 Å². The molecule has 1 saturated heterocycles. The van der Waals surface area contributed by atoms with Gasteiger partial charge in [0.05, 0.1) is 0 Å². The normalized spacial score (nSPS) is 21.4. The summed E-state index contributed by atoms with van der Waals surface area (Å²) < 4.78 is 0. The predicted octanol–water partition coefficient (Wildman–Crippen LogP) is 2.30. The summed E-state index contributed by atoms with van der Waals surface area (Å²) in [6, 6.07) is 9.18. The van der Waals surface area contributed by atoms with Gasteiger partial charge >= 0.3 is 0 Å². The summed E-state index contributed by atoms with van der Waals surface area (Å²) in [5.41, 5.74) is 2.84. The molecule has 1 aromatic rings. The zero-order valence-corrected chi connectivity index (χ0v) is 12.7. The van der Waals surface area contributed by atoms with Gasteiger partial charge in [-0.3, -0.25) is 0 Å². The summed E-state index contributed by atoms with van der Waals surface area (Å²) in [6.45, 7) is 11.1. The van der Waals surface area contributed by atoms with Crippen LogP contribution in [0.25, 0.3) is 0 Å². The average molecular weight is 261 g/mol. The second-order valence-corrected chi connectivity index (χ2v) is 6.59. The Morgan fingerprint density at radius 1 is 1.32 bits per heavy atom. The lowest BCUT2D eigenvalue weighted by Crippen LogP contribution is -2.51. The molecule has 1 heterocycles. The highest BCUT2D eigenvalue weighted by atomic mass is 15.2. The van der Waals surface area contributed by atoms with Gasteiger partial charge in [0.15, 0.2) is 0 Å². The van der Waals surface area contributed by atoms with Crippen molar-refractivity contribution in [3.63, 3.8) is 0 Å². The Kier molecular flexibility index (Phi) is 4.48. The molecule has 2 rings (SSSR count). The number of nitrogens with zero attached hydrogens (tertiary/aromatic N) is 1. The van der Waals surface area contributed by atoms with Crippen LogP contribution in [0.3, 0.4) is 0 Å². The minimum absolute atomic E-state index is 0.181. The SMILES string of the molecule is CN1CCNC(CNc2ccccc2C(C)(C)C)C1. The largest absolute Gasteiger partial charge is 0.383 e. The third kappa shape index (κ3) is 3.95. The molecular weight excluding hydrogens is 234 g/mol. The maximum Gasteiger partial charge on any atom is 0.0378 e. The minimum Gasteiger partial charge on any atom is -0.383 e. The third-order valence-corrected chi connectivity index (χ3v) is 3.73. The molecule has 19 heavy (non-hydrogen) atoms. The first-order valence-electron chi connectivity index (χ1n) is 7.22. The Balaban J connectivity index is 1.99. The van der Waals surface area contributed by atoms with Crippen molar-refractivity contribution in [2.45, 2.75) is 32.2 Å². The highest BCUT2D eigenvalue weighted by molar-refractivity contribution is 5.54. The fourth-order valence-electron chi connectivity index (χ4n) is 2.65. The van der Waals surface area contributed by atoms with Crippen LogP contribution in [0.5, 0.6) is 0 Å². The van der Waals surface area contributed by atoms with Crippen molar-refractivity contribution < 1.29 is 0 Å². The molecule has 0 bridgehead atoms. The average Bonchev–Trinajstić information content (AvgIpc) is 2.36. The van der Waals surface area contributed by atoms with E-state index in [1.54, 1.807) is 0 Å². The summed E-state index contributed by atoms with van der Waals surface area (Å²) in [5, 5.41) is 7.19. The molecular formula is C16H27N3. The van der Waals surface area contributed by atoms with E-state index in [0.717, 1.165) is 26.2 Å². The van der Waals surface area contributed by atoms with Crippen LogP contribution in [0.4, 0.5) is 5.69 Å². The molecule has 1 atom stereocenters. The minimum atomic E-state index is 0.181. The van der Waals surface area contributed by atoms with E-state index in [2.05, 4.69) is 67.6 Å². The number of rotatable bonds is 3. The van der Waals surface area contributed by atoms with Crippen LogP contribution < -0.4 is 10.6 Å². The van der Waals surface area contributed by atoms with Crippen molar-refractivity contribution in [1.82, 2.24) is 10.2 Å². The van der Waals surface area contributed by atoms with Crippen molar-refractivity contribution in [3.05, 3.63) is 29.8 Å². The van der Waals surface area contributed by atoms with Crippen molar-refractivity contribution in [2.75, 3.05) is 38.5 Å². The van der Waals surface area contributed by atoms with Gasteiger partial charge in [-0.25, -0.2) is 0 Å². The molecule has 3 heteroatoms. The number of anilines is 1. The lowest BCUT2D eigenvalue weighted by atomic mass is 9.86. The number of nitrogens with one attached hydrogen (secondary N) is 2. The molecule has 0 amide bonds. The third-order valence-electron chi connectivity index (χ3n) is 3.73. The molecule has 3 nitrogen and oxygen atoms in total. The van der Waals surface area contributed by atoms with Gasteiger partial charge in [0.1, 0.15) is 0 Å². The molecule has 0 aliphatic carbocycles. The van der Waals surface area contributed by atoms with Crippen molar-refractivity contribution in [3.8, 4) is 0 Å². The van der Waals surface area contributed by atoms with Gasteiger partial charge < -0.3 is 15.5 Å². The Hall–Kier alpha value is -1.06. The first-order chi connectivity index (χ1) is 8.97. The van der Waals surface area contributed by atoms with Gasteiger partial charge in [0.25, 0.3) is 0 Å². The van der Waals surface area contributed by atoms with Crippen LogP contribution in [0, 0.1) is 0 Å². The molecule has 0 aromatic heterocycles. The number of para-hydroxylation sites is 1. The molecule has 1 fully saturated rings. The molecule has 1 aromatic carbocycles. The smallest absolute Gasteiger partial charge is 0.0378 e. The Morgan fingerprint density at radius 2 is 2.05 bits per heavy atom. The van der Waals surface area contributed by atoms with E-state index in [0.29, 0.717) is 6.04 Å². The highest BCUT2D eigenvalue weighted by Crippen LogP contribution is 2.29. The van der Waals surface area contributed by atoms with E-state index in [1.165, 1.54) is 11.3 Å². The predicted molar refractivity (Wildman–Crippen MR) is 82.9 cm³/mol.